The molecular formula is C13H17BrN2O2S. The van der Waals surface area contributed by atoms with E-state index in [4.69, 9.17) is 0 Å². The van der Waals surface area contributed by atoms with E-state index in [1.165, 1.54) is 6.42 Å². The fraction of sp³-hybridized carbons (Fsp3) is 0.538. The normalized spacial score (nSPS) is 25.4. The van der Waals surface area contributed by atoms with Gasteiger partial charge in [0.05, 0.1) is 4.90 Å². The van der Waals surface area contributed by atoms with Gasteiger partial charge in [-0.3, -0.25) is 4.90 Å². The monoisotopic (exact) mass is 344 g/mol. The van der Waals surface area contributed by atoms with Gasteiger partial charge in [-0.1, -0.05) is 15.9 Å². The smallest absolute Gasteiger partial charge is 0.243 e. The fourth-order valence-electron chi connectivity index (χ4n) is 2.94. The van der Waals surface area contributed by atoms with Crippen molar-refractivity contribution in [3.8, 4) is 0 Å². The highest BCUT2D eigenvalue weighted by Gasteiger charge is 2.36. The summed E-state index contributed by atoms with van der Waals surface area (Å²) in [6.07, 6.45) is 2.31. The molecule has 0 radical (unpaired) electrons. The zero-order valence-corrected chi connectivity index (χ0v) is 13.0. The van der Waals surface area contributed by atoms with Crippen LogP contribution in [0, 0.1) is 0 Å². The first-order valence-corrected chi connectivity index (χ1v) is 8.80. The molecule has 1 atom stereocenters. The second kappa shape index (κ2) is 5.16. The number of piperazine rings is 1. The van der Waals surface area contributed by atoms with Crippen molar-refractivity contribution >= 4 is 26.0 Å². The zero-order chi connectivity index (χ0) is 13.5. The molecule has 2 aliphatic heterocycles. The SMILES string of the molecule is O=S(=O)(c1ccc(Br)cc1)N1CCN2CCC[C@@H]2C1. The highest BCUT2D eigenvalue weighted by atomic mass is 79.9. The van der Waals surface area contributed by atoms with Crippen LogP contribution in [-0.2, 0) is 10.0 Å². The summed E-state index contributed by atoms with van der Waals surface area (Å²) in [6.45, 7) is 3.23. The Bertz CT molecular complexity index is 559. The van der Waals surface area contributed by atoms with Crippen molar-refractivity contribution in [1.29, 1.82) is 0 Å². The predicted octanol–water partition coefficient (Wildman–Crippen LogP) is 1.92. The Hall–Kier alpha value is -0.430. The van der Waals surface area contributed by atoms with Gasteiger partial charge in [-0.05, 0) is 43.7 Å². The van der Waals surface area contributed by atoms with E-state index in [0.717, 1.165) is 24.0 Å². The van der Waals surface area contributed by atoms with Gasteiger partial charge in [-0.2, -0.15) is 4.31 Å². The van der Waals surface area contributed by atoms with Crippen molar-refractivity contribution in [2.75, 3.05) is 26.2 Å². The third-order valence-corrected chi connectivity index (χ3v) is 6.41. The van der Waals surface area contributed by atoms with E-state index < -0.39 is 10.0 Å². The summed E-state index contributed by atoms with van der Waals surface area (Å²) in [7, 11) is -3.33. The molecule has 0 spiro atoms. The lowest BCUT2D eigenvalue weighted by atomic mass is 10.2. The Kier molecular flexibility index (Phi) is 3.68. The number of nitrogens with zero attached hydrogens (tertiary/aromatic N) is 2. The summed E-state index contributed by atoms with van der Waals surface area (Å²) in [5.74, 6) is 0. The Morgan fingerprint density at radius 1 is 1.11 bits per heavy atom. The van der Waals surface area contributed by atoms with Crippen LogP contribution in [0.3, 0.4) is 0 Å². The average molecular weight is 345 g/mol. The van der Waals surface area contributed by atoms with Gasteiger partial charge < -0.3 is 0 Å². The molecule has 104 valence electrons. The number of fused-ring (bicyclic) bond motifs is 1. The van der Waals surface area contributed by atoms with Gasteiger partial charge >= 0.3 is 0 Å². The lowest BCUT2D eigenvalue weighted by Crippen LogP contribution is -2.51. The van der Waals surface area contributed by atoms with Gasteiger partial charge in [-0.25, -0.2) is 8.42 Å². The quantitative estimate of drug-likeness (QED) is 0.822. The molecule has 1 aromatic rings. The fourth-order valence-corrected chi connectivity index (χ4v) is 4.67. The average Bonchev–Trinajstić information content (AvgIpc) is 2.86. The van der Waals surface area contributed by atoms with E-state index in [1.54, 1.807) is 28.6 Å². The topological polar surface area (TPSA) is 40.6 Å². The molecular weight excluding hydrogens is 328 g/mol. The van der Waals surface area contributed by atoms with E-state index in [2.05, 4.69) is 20.8 Å². The highest BCUT2D eigenvalue weighted by Crippen LogP contribution is 2.26. The van der Waals surface area contributed by atoms with Crippen LogP contribution in [0.4, 0.5) is 0 Å². The Balaban J connectivity index is 1.82. The summed E-state index contributed by atoms with van der Waals surface area (Å²) in [5, 5.41) is 0. The number of hydrogen-bond donors (Lipinski definition) is 0. The molecule has 0 bridgehead atoms. The molecule has 2 fully saturated rings. The minimum atomic E-state index is -3.33. The predicted molar refractivity (Wildman–Crippen MR) is 77.5 cm³/mol. The maximum absolute atomic E-state index is 12.6. The molecule has 0 aromatic heterocycles. The second-order valence-electron chi connectivity index (χ2n) is 5.15. The lowest BCUT2D eigenvalue weighted by Gasteiger charge is -2.36. The minimum absolute atomic E-state index is 0.391. The largest absolute Gasteiger partial charge is 0.298 e. The highest BCUT2D eigenvalue weighted by molar-refractivity contribution is 9.10. The molecule has 0 aliphatic carbocycles. The molecule has 2 heterocycles. The molecule has 19 heavy (non-hydrogen) atoms. The third kappa shape index (κ3) is 2.59. The first-order valence-electron chi connectivity index (χ1n) is 6.57. The van der Waals surface area contributed by atoms with Gasteiger partial charge in [0.2, 0.25) is 10.0 Å². The molecule has 0 amide bonds. The third-order valence-electron chi connectivity index (χ3n) is 4.00. The molecule has 2 saturated heterocycles. The first kappa shape index (κ1) is 13.5. The van der Waals surface area contributed by atoms with Crippen LogP contribution in [0.1, 0.15) is 12.8 Å². The second-order valence-corrected chi connectivity index (χ2v) is 8.00. The molecule has 2 aliphatic rings. The van der Waals surface area contributed by atoms with E-state index in [-0.39, 0.29) is 0 Å². The van der Waals surface area contributed by atoms with E-state index >= 15 is 0 Å². The van der Waals surface area contributed by atoms with Gasteiger partial charge in [0.15, 0.2) is 0 Å². The number of benzene rings is 1. The summed E-state index contributed by atoms with van der Waals surface area (Å²) >= 11 is 3.33. The first-order chi connectivity index (χ1) is 9.07. The van der Waals surface area contributed by atoms with E-state index in [9.17, 15) is 8.42 Å². The minimum Gasteiger partial charge on any atom is -0.298 e. The van der Waals surface area contributed by atoms with Crippen LogP contribution in [0.2, 0.25) is 0 Å². The molecule has 6 heteroatoms. The van der Waals surface area contributed by atoms with Gasteiger partial charge in [0.1, 0.15) is 0 Å². The number of rotatable bonds is 2. The van der Waals surface area contributed by atoms with Crippen molar-refractivity contribution < 1.29 is 8.42 Å². The Labute approximate surface area is 122 Å². The summed E-state index contributed by atoms with van der Waals surface area (Å²) in [5.41, 5.74) is 0. The molecule has 0 saturated carbocycles. The van der Waals surface area contributed by atoms with Crippen LogP contribution in [-0.4, -0.2) is 49.8 Å². The van der Waals surface area contributed by atoms with Gasteiger partial charge in [0.25, 0.3) is 0 Å². The van der Waals surface area contributed by atoms with Crippen molar-refractivity contribution in [1.82, 2.24) is 9.21 Å². The maximum atomic E-state index is 12.6. The summed E-state index contributed by atoms with van der Waals surface area (Å²) in [4.78, 5) is 2.80. The molecule has 3 rings (SSSR count). The van der Waals surface area contributed by atoms with Crippen LogP contribution >= 0.6 is 15.9 Å². The van der Waals surface area contributed by atoms with E-state index in [0.29, 0.717) is 24.0 Å². The van der Waals surface area contributed by atoms with Crippen molar-refractivity contribution in [2.45, 2.75) is 23.8 Å². The lowest BCUT2D eigenvalue weighted by molar-refractivity contribution is 0.158. The number of halogens is 1. The maximum Gasteiger partial charge on any atom is 0.243 e. The molecule has 4 nitrogen and oxygen atoms in total. The summed E-state index contributed by atoms with van der Waals surface area (Å²) < 4.78 is 27.7. The Morgan fingerprint density at radius 2 is 1.84 bits per heavy atom. The van der Waals surface area contributed by atoms with Crippen LogP contribution in [0.15, 0.2) is 33.6 Å². The van der Waals surface area contributed by atoms with Crippen LogP contribution in [0.25, 0.3) is 0 Å². The molecule has 0 N–H and O–H groups in total. The van der Waals surface area contributed by atoms with Crippen LogP contribution in [0.5, 0.6) is 0 Å². The van der Waals surface area contributed by atoms with Crippen molar-refractivity contribution in [2.24, 2.45) is 0 Å². The van der Waals surface area contributed by atoms with Gasteiger partial charge in [-0.15, -0.1) is 0 Å². The van der Waals surface area contributed by atoms with Crippen molar-refractivity contribution in [3.05, 3.63) is 28.7 Å². The van der Waals surface area contributed by atoms with E-state index in [1.807, 2.05) is 0 Å². The zero-order valence-electron chi connectivity index (χ0n) is 10.6. The van der Waals surface area contributed by atoms with Crippen molar-refractivity contribution in [3.63, 3.8) is 0 Å². The number of sulfonamides is 1. The summed E-state index contributed by atoms with van der Waals surface area (Å²) in [6, 6.07) is 7.30. The Morgan fingerprint density at radius 3 is 2.58 bits per heavy atom. The molecule has 1 aromatic carbocycles. The molecule has 0 unspecified atom stereocenters. The number of hydrogen-bond acceptors (Lipinski definition) is 3. The van der Waals surface area contributed by atoms with Gasteiger partial charge in [0, 0.05) is 30.1 Å². The standard InChI is InChI=1S/C13H17BrN2O2S/c14-11-3-5-13(6-4-11)19(17,18)16-9-8-15-7-1-2-12(15)10-16/h3-6,12H,1-2,7-10H2/t12-/m1/s1. The van der Waals surface area contributed by atoms with Crippen LogP contribution < -0.4 is 0 Å².